The van der Waals surface area contributed by atoms with Gasteiger partial charge >= 0.3 is 6.03 Å². The zero-order valence-electron chi connectivity index (χ0n) is 15.8. The summed E-state index contributed by atoms with van der Waals surface area (Å²) >= 11 is 0. The van der Waals surface area contributed by atoms with Crippen LogP contribution in [0.15, 0.2) is 29.2 Å². The molecule has 0 heterocycles. The van der Waals surface area contributed by atoms with Gasteiger partial charge in [-0.25, -0.2) is 13.2 Å². The summed E-state index contributed by atoms with van der Waals surface area (Å²) < 4.78 is 26.4. The molecular formula is C17H29N4O4S+. The van der Waals surface area contributed by atoms with Gasteiger partial charge < -0.3 is 10.6 Å². The highest BCUT2D eigenvalue weighted by molar-refractivity contribution is 7.89. The normalized spacial score (nSPS) is 12.7. The van der Waals surface area contributed by atoms with Crippen molar-refractivity contribution in [1.29, 1.82) is 0 Å². The number of imide groups is 1. The molecular weight excluding hydrogens is 356 g/mol. The van der Waals surface area contributed by atoms with Crippen LogP contribution >= 0.6 is 0 Å². The predicted octanol–water partition coefficient (Wildman–Crippen LogP) is 0.187. The number of hydrogen-bond donors (Lipinski definition) is 3. The highest BCUT2D eigenvalue weighted by atomic mass is 32.2. The van der Waals surface area contributed by atoms with E-state index in [1.54, 1.807) is 50.4 Å². The Labute approximate surface area is 155 Å². The maximum Gasteiger partial charge on any atom is 0.321 e. The van der Waals surface area contributed by atoms with Crippen molar-refractivity contribution in [3.8, 4) is 0 Å². The summed E-state index contributed by atoms with van der Waals surface area (Å²) in [5.74, 6) is -0.386. The van der Waals surface area contributed by atoms with Gasteiger partial charge in [-0.3, -0.25) is 10.1 Å². The highest BCUT2D eigenvalue weighted by Crippen LogP contribution is 2.18. The van der Waals surface area contributed by atoms with E-state index < -0.39 is 16.1 Å². The molecule has 1 aromatic rings. The van der Waals surface area contributed by atoms with Crippen LogP contribution in [0, 0.1) is 0 Å². The first kappa shape index (κ1) is 22.1. The third-order valence-electron chi connectivity index (χ3n) is 4.00. The Hall–Kier alpha value is -1.97. The third kappa shape index (κ3) is 6.08. The number of amides is 3. The van der Waals surface area contributed by atoms with Crippen molar-refractivity contribution in [3.05, 3.63) is 29.8 Å². The molecule has 0 aliphatic carbocycles. The zero-order valence-corrected chi connectivity index (χ0v) is 16.6. The number of carbonyl (C=O) groups is 2. The summed E-state index contributed by atoms with van der Waals surface area (Å²) in [5, 5.41) is 6.51. The van der Waals surface area contributed by atoms with Crippen molar-refractivity contribution < 1.29 is 23.3 Å². The minimum Gasteiger partial charge on any atom is -0.338 e. The smallest absolute Gasteiger partial charge is 0.321 e. The van der Waals surface area contributed by atoms with Gasteiger partial charge in [-0.2, -0.15) is 4.31 Å². The summed E-state index contributed by atoms with van der Waals surface area (Å²) in [7, 11) is -3.47. The molecule has 0 saturated heterocycles. The molecule has 1 aromatic carbocycles. The van der Waals surface area contributed by atoms with Crippen LogP contribution in [0.3, 0.4) is 0 Å². The lowest BCUT2D eigenvalue weighted by atomic mass is 10.1. The van der Waals surface area contributed by atoms with E-state index in [0.29, 0.717) is 19.6 Å². The van der Waals surface area contributed by atoms with Crippen LogP contribution in [-0.4, -0.2) is 50.8 Å². The maximum absolute atomic E-state index is 12.5. The summed E-state index contributed by atoms with van der Waals surface area (Å²) in [6.45, 7) is 8.67. The van der Waals surface area contributed by atoms with Crippen molar-refractivity contribution in [2.24, 2.45) is 0 Å². The molecule has 0 fully saturated rings. The number of hydrogen-bond acceptors (Lipinski definition) is 4. The fourth-order valence-electron chi connectivity index (χ4n) is 2.46. The molecule has 0 saturated carbocycles. The lowest BCUT2D eigenvalue weighted by molar-refractivity contribution is -0.682. The molecule has 0 aromatic heterocycles. The number of quaternary nitrogens is 1. The van der Waals surface area contributed by atoms with Crippen LogP contribution in [0.5, 0.6) is 0 Å². The Morgan fingerprint density at radius 2 is 1.69 bits per heavy atom. The first-order valence-corrected chi connectivity index (χ1v) is 10.2. The number of benzene rings is 1. The second-order valence-corrected chi connectivity index (χ2v) is 7.73. The molecule has 0 radical (unpaired) electrons. The molecule has 146 valence electrons. The number of urea groups is 1. The Bertz CT molecular complexity index is 700. The third-order valence-corrected chi connectivity index (χ3v) is 6.06. The zero-order chi connectivity index (χ0) is 19.7. The summed E-state index contributed by atoms with van der Waals surface area (Å²) in [6.07, 6.45) is 0. The molecule has 1 rings (SSSR count). The van der Waals surface area contributed by atoms with Gasteiger partial charge in [0, 0.05) is 25.2 Å². The van der Waals surface area contributed by atoms with Crippen LogP contribution in [-0.2, 0) is 14.8 Å². The maximum atomic E-state index is 12.5. The van der Waals surface area contributed by atoms with Crippen LogP contribution < -0.4 is 16.0 Å². The average molecular weight is 386 g/mol. The SMILES string of the molecule is CCNC(=O)NC(=O)C[NH2+][C@@H](C)c1ccc(S(=O)(=O)N(CC)CC)cc1. The number of nitrogens with two attached hydrogens (primary N) is 1. The quantitative estimate of drug-likeness (QED) is 0.563. The number of nitrogens with one attached hydrogen (secondary N) is 2. The molecule has 8 nitrogen and oxygen atoms in total. The van der Waals surface area contributed by atoms with E-state index in [0.717, 1.165) is 5.56 Å². The van der Waals surface area contributed by atoms with Gasteiger partial charge in [0.1, 0.15) is 6.04 Å². The van der Waals surface area contributed by atoms with Crippen LogP contribution in [0.25, 0.3) is 0 Å². The van der Waals surface area contributed by atoms with E-state index in [2.05, 4.69) is 10.6 Å². The van der Waals surface area contributed by atoms with Crippen LogP contribution in [0.4, 0.5) is 4.79 Å². The second kappa shape index (κ2) is 10.2. The van der Waals surface area contributed by atoms with E-state index >= 15 is 0 Å². The van der Waals surface area contributed by atoms with Gasteiger partial charge in [0.25, 0.3) is 5.91 Å². The first-order valence-electron chi connectivity index (χ1n) is 8.77. The topological polar surface area (TPSA) is 112 Å². The van der Waals surface area contributed by atoms with Gasteiger partial charge in [0.05, 0.1) is 4.90 Å². The highest BCUT2D eigenvalue weighted by Gasteiger charge is 2.22. The van der Waals surface area contributed by atoms with Crippen LogP contribution in [0.2, 0.25) is 0 Å². The molecule has 0 aliphatic rings. The van der Waals surface area contributed by atoms with Gasteiger partial charge in [-0.05, 0) is 26.0 Å². The van der Waals surface area contributed by atoms with Crippen LogP contribution in [0.1, 0.15) is 39.3 Å². The fourth-order valence-corrected chi connectivity index (χ4v) is 3.92. The monoisotopic (exact) mass is 385 g/mol. The largest absolute Gasteiger partial charge is 0.338 e. The molecule has 4 N–H and O–H groups in total. The van der Waals surface area contributed by atoms with Gasteiger partial charge in [0.15, 0.2) is 6.54 Å². The first-order chi connectivity index (χ1) is 12.3. The molecule has 0 bridgehead atoms. The minimum absolute atomic E-state index is 0.0554. The Morgan fingerprint density at radius 1 is 1.12 bits per heavy atom. The van der Waals surface area contributed by atoms with Crippen molar-refractivity contribution in [2.75, 3.05) is 26.2 Å². The summed E-state index contributed by atoms with van der Waals surface area (Å²) in [5.41, 5.74) is 0.898. The average Bonchev–Trinajstić information content (AvgIpc) is 2.60. The molecule has 9 heteroatoms. The minimum atomic E-state index is -3.47. The lowest BCUT2D eigenvalue weighted by Gasteiger charge is -2.19. The van der Waals surface area contributed by atoms with Crippen molar-refractivity contribution in [3.63, 3.8) is 0 Å². The van der Waals surface area contributed by atoms with E-state index in [1.165, 1.54) is 4.31 Å². The lowest BCUT2D eigenvalue weighted by Crippen LogP contribution is -2.87. The van der Waals surface area contributed by atoms with Crippen molar-refractivity contribution >= 4 is 22.0 Å². The number of sulfonamides is 1. The summed E-state index contributed by atoms with van der Waals surface area (Å²) in [6, 6.07) is 6.10. The second-order valence-electron chi connectivity index (χ2n) is 5.79. The number of nitrogens with zero attached hydrogens (tertiary/aromatic N) is 1. The summed E-state index contributed by atoms with van der Waals surface area (Å²) in [4.78, 5) is 23.2. The van der Waals surface area contributed by atoms with Crippen molar-refractivity contribution in [2.45, 2.75) is 38.6 Å². The standard InChI is InChI=1S/C17H28N4O4S/c1-5-18-17(23)20-16(22)12-19-13(4)14-8-10-15(11-9-14)26(24,25)21(6-2)7-3/h8-11,13,19H,5-7,12H2,1-4H3,(H2,18,20,22,23)/p+1/t13-/m0/s1. The van der Waals surface area contributed by atoms with E-state index in [1.807, 2.05) is 6.92 Å². The van der Waals surface area contributed by atoms with Crippen molar-refractivity contribution in [1.82, 2.24) is 14.9 Å². The Kier molecular flexibility index (Phi) is 8.70. The Morgan fingerprint density at radius 3 is 2.19 bits per heavy atom. The molecule has 1 atom stereocenters. The van der Waals surface area contributed by atoms with Gasteiger partial charge in [0.2, 0.25) is 10.0 Å². The van der Waals surface area contributed by atoms with E-state index in [9.17, 15) is 18.0 Å². The predicted molar refractivity (Wildman–Crippen MR) is 99.0 cm³/mol. The van der Waals surface area contributed by atoms with Gasteiger partial charge in [-0.1, -0.05) is 26.0 Å². The molecule has 0 spiro atoms. The number of carbonyl (C=O) groups excluding carboxylic acids is 2. The van der Waals surface area contributed by atoms with Gasteiger partial charge in [-0.15, -0.1) is 0 Å². The molecule has 26 heavy (non-hydrogen) atoms. The molecule has 3 amide bonds. The molecule has 0 unspecified atom stereocenters. The van der Waals surface area contributed by atoms with E-state index in [4.69, 9.17) is 0 Å². The fraction of sp³-hybridized carbons (Fsp3) is 0.529. The molecule has 0 aliphatic heterocycles. The Balaban J connectivity index is 2.68. The number of rotatable bonds is 9. The van der Waals surface area contributed by atoms with E-state index in [-0.39, 0.29) is 23.4 Å².